The Morgan fingerprint density at radius 1 is 1.24 bits per heavy atom. The molecule has 4 heteroatoms. The normalized spacial score (nSPS) is 25.3. The zero-order valence-corrected chi connectivity index (χ0v) is 12.8. The Morgan fingerprint density at radius 2 is 2.00 bits per heavy atom. The van der Waals surface area contributed by atoms with Gasteiger partial charge in [0.15, 0.2) is 0 Å². The summed E-state index contributed by atoms with van der Waals surface area (Å²) in [5.74, 6) is 7.20. The van der Waals surface area contributed by atoms with Crippen LogP contribution in [0.25, 0.3) is 0 Å². The number of hydrogen-bond acceptors (Lipinski definition) is 3. The van der Waals surface area contributed by atoms with E-state index in [2.05, 4.69) is 10.3 Å². The van der Waals surface area contributed by atoms with Gasteiger partial charge >= 0.3 is 0 Å². The predicted octanol–water partition coefficient (Wildman–Crippen LogP) is 2.93. The summed E-state index contributed by atoms with van der Waals surface area (Å²) in [7, 11) is 0. The second kappa shape index (κ2) is 6.06. The monoisotopic (exact) mass is 287 g/mol. The van der Waals surface area contributed by atoms with Gasteiger partial charge in [-0.15, -0.1) is 0 Å². The summed E-state index contributed by atoms with van der Waals surface area (Å²) < 4.78 is 0. The van der Waals surface area contributed by atoms with Crippen LogP contribution in [0.3, 0.4) is 0 Å². The third-order valence-corrected chi connectivity index (χ3v) is 5.21. The van der Waals surface area contributed by atoms with E-state index in [-0.39, 0.29) is 5.91 Å². The molecule has 4 nitrogen and oxygen atoms in total. The van der Waals surface area contributed by atoms with Crippen molar-refractivity contribution < 1.29 is 4.79 Å². The van der Waals surface area contributed by atoms with Crippen molar-refractivity contribution in [1.29, 1.82) is 0 Å². The van der Waals surface area contributed by atoms with Gasteiger partial charge in [-0.05, 0) is 55.4 Å². The van der Waals surface area contributed by atoms with Crippen LogP contribution in [-0.4, -0.2) is 23.9 Å². The van der Waals surface area contributed by atoms with Gasteiger partial charge < -0.3 is 10.3 Å². The maximum absolute atomic E-state index is 12.7. The maximum atomic E-state index is 12.7. The molecule has 3 N–H and O–H groups in total. The van der Waals surface area contributed by atoms with E-state index in [9.17, 15) is 4.79 Å². The van der Waals surface area contributed by atoms with Crippen LogP contribution in [0, 0.1) is 18.8 Å². The minimum atomic E-state index is 0.172. The molecule has 1 aliphatic carbocycles. The molecule has 21 heavy (non-hydrogen) atoms. The number of hydrogen-bond donors (Lipinski definition) is 2. The summed E-state index contributed by atoms with van der Waals surface area (Å²) in [6.45, 7) is 3.83. The molecule has 1 saturated carbocycles. The lowest BCUT2D eigenvalue weighted by Crippen LogP contribution is -2.44. The molecular formula is C17H25N3O. The summed E-state index contributed by atoms with van der Waals surface area (Å²) in [5.41, 5.74) is 5.31. The van der Waals surface area contributed by atoms with Crippen LogP contribution in [-0.2, 0) is 0 Å². The first-order valence-corrected chi connectivity index (χ1v) is 8.05. The zero-order chi connectivity index (χ0) is 14.8. The van der Waals surface area contributed by atoms with Gasteiger partial charge in [-0.25, -0.2) is 0 Å². The fraction of sp³-hybridized carbons (Fsp3) is 0.588. The molecule has 2 unspecified atom stereocenters. The third kappa shape index (κ3) is 2.91. The average Bonchev–Trinajstić information content (AvgIpc) is 2.53. The second-order valence-electron chi connectivity index (χ2n) is 6.52. The van der Waals surface area contributed by atoms with Gasteiger partial charge in [-0.1, -0.05) is 19.3 Å². The number of piperidine rings is 1. The van der Waals surface area contributed by atoms with Crippen molar-refractivity contribution in [2.24, 2.45) is 17.7 Å². The number of anilines is 1. The SMILES string of the molecule is Cc1cc(C(=O)N2CCC3CCCCC3C2)ccc1NN. The largest absolute Gasteiger partial charge is 0.338 e. The van der Waals surface area contributed by atoms with E-state index in [4.69, 9.17) is 5.84 Å². The number of nitrogens with one attached hydrogen (secondary N) is 1. The van der Waals surface area contributed by atoms with Crippen molar-refractivity contribution in [3.8, 4) is 0 Å². The number of benzene rings is 1. The van der Waals surface area contributed by atoms with E-state index in [1.165, 1.54) is 32.1 Å². The predicted molar refractivity (Wildman–Crippen MR) is 85.0 cm³/mol. The van der Waals surface area contributed by atoms with Crippen LogP contribution in [0.4, 0.5) is 5.69 Å². The first-order valence-electron chi connectivity index (χ1n) is 8.05. The van der Waals surface area contributed by atoms with Crippen LogP contribution >= 0.6 is 0 Å². The van der Waals surface area contributed by atoms with Crippen LogP contribution < -0.4 is 11.3 Å². The van der Waals surface area contributed by atoms with Crippen molar-refractivity contribution >= 4 is 11.6 Å². The number of amides is 1. The van der Waals surface area contributed by atoms with E-state index in [1.807, 2.05) is 25.1 Å². The third-order valence-electron chi connectivity index (χ3n) is 5.21. The van der Waals surface area contributed by atoms with Crippen LogP contribution in [0.1, 0.15) is 48.0 Å². The van der Waals surface area contributed by atoms with Gasteiger partial charge in [0.2, 0.25) is 0 Å². The number of carbonyl (C=O) groups excluding carboxylic acids is 1. The van der Waals surface area contributed by atoms with Crippen molar-refractivity contribution in [2.45, 2.75) is 39.0 Å². The van der Waals surface area contributed by atoms with Crippen molar-refractivity contribution in [3.63, 3.8) is 0 Å². The fourth-order valence-electron chi connectivity index (χ4n) is 3.93. The first kappa shape index (κ1) is 14.4. The molecule has 0 radical (unpaired) electrons. The van der Waals surface area contributed by atoms with Gasteiger partial charge in [0, 0.05) is 18.7 Å². The lowest BCUT2D eigenvalue weighted by molar-refractivity contribution is 0.0521. The van der Waals surface area contributed by atoms with Gasteiger partial charge in [-0.2, -0.15) is 0 Å². The average molecular weight is 287 g/mol. The molecule has 0 spiro atoms. The van der Waals surface area contributed by atoms with E-state index in [0.29, 0.717) is 0 Å². The highest BCUT2D eigenvalue weighted by molar-refractivity contribution is 5.95. The molecule has 0 aromatic heterocycles. The Bertz CT molecular complexity index is 529. The summed E-state index contributed by atoms with van der Waals surface area (Å²) >= 11 is 0. The molecule has 0 bridgehead atoms. The Balaban J connectivity index is 1.71. The Morgan fingerprint density at radius 3 is 2.71 bits per heavy atom. The second-order valence-corrected chi connectivity index (χ2v) is 6.52. The van der Waals surface area contributed by atoms with E-state index in [0.717, 1.165) is 41.7 Å². The molecule has 1 aliphatic heterocycles. The Kier molecular flexibility index (Phi) is 4.15. The molecule has 114 valence electrons. The molecule has 3 rings (SSSR count). The van der Waals surface area contributed by atoms with E-state index >= 15 is 0 Å². The van der Waals surface area contributed by atoms with Crippen molar-refractivity contribution in [3.05, 3.63) is 29.3 Å². The lowest BCUT2D eigenvalue weighted by Gasteiger charge is -2.41. The smallest absolute Gasteiger partial charge is 0.253 e. The number of aryl methyl sites for hydroxylation is 1. The Labute approximate surface area is 126 Å². The number of likely N-dealkylation sites (tertiary alicyclic amines) is 1. The highest BCUT2D eigenvalue weighted by Gasteiger charge is 2.33. The lowest BCUT2D eigenvalue weighted by atomic mass is 9.75. The van der Waals surface area contributed by atoms with Gasteiger partial charge in [0.1, 0.15) is 0 Å². The summed E-state index contributed by atoms with van der Waals surface area (Å²) in [5, 5.41) is 0. The minimum Gasteiger partial charge on any atom is -0.338 e. The first-order chi connectivity index (χ1) is 10.2. The van der Waals surface area contributed by atoms with Crippen LogP contribution in [0.2, 0.25) is 0 Å². The van der Waals surface area contributed by atoms with Crippen LogP contribution in [0.15, 0.2) is 18.2 Å². The van der Waals surface area contributed by atoms with Crippen molar-refractivity contribution in [1.82, 2.24) is 4.90 Å². The fourth-order valence-corrected chi connectivity index (χ4v) is 3.93. The number of hydrazine groups is 1. The quantitative estimate of drug-likeness (QED) is 0.649. The summed E-state index contributed by atoms with van der Waals surface area (Å²) in [4.78, 5) is 14.8. The van der Waals surface area contributed by atoms with E-state index in [1.54, 1.807) is 0 Å². The molecule has 1 aromatic carbocycles. The molecule has 1 heterocycles. The minimum absolute atomic E-state index is 0.172. The molecular weight excluding hydrogens is 262 g/mol. The highest BCUT2D eigenvalue weighted by Crippen LogP contribution is 2.36. The number of rotatable bonds is 2. The number of nitrogen functional groups attached to an aromatic ring is 1. The Hall–Kier alpha value is -1.55. The molecule has 2 fully saturated rings. The molecule has 2 atom stereocenters. The van der Waals surface area contributed by atoms with Gasteiger partial charge in [0.05, 0.1) is 5.69 Å². The summed E-state index contributed by atoms with van der Waals surface area (Å²) in [6, 6.07) is 5.69. The molecule has 1 amide bonds. The van der Waals surface area contributed by atoms with Crippen molar-refractivity contribution in [2.75, 3.05) is 18.5 Å². The van der Waals surface area contributed by atoms with Crippen LogP contribution in [0.5, 0.6) is 0 Å². The number of nitrogens with zero attached hydrogens (tertiary/aromatic N) is 1. The highest BCUT2D eigenvalue weighted by atomic mass is 16.2. The topological polar surface area (TPSA) is 58.4 Å². The summed E-state index contributed by atoms with van der Waals surface area (Å²) in [6.07, 6.45) is 6.55. The maximum Gasteiger partial charge on any atom is 0.253 e. The van der Waals surface area contributed by atoms with E-state index < -0.39 is 0 Å². The number of fused-ring (bicyclic) bond motifs is 1. The van der Waals surface area contributed by atoms with Gasteiger partial charge in [0.25, 0.3) is 5.91 Å². The molecule has 2 aliphatic rings. The zero-order valence-electron chi connectivity index (χ0n) is 12.8. The molecule has 1 saturated heterocycles. The molecule has 1 aromatic rings. The number of nitrogens with two attached hydrogens (primary N) is 1. The number of carbonyl (C=O) groups is 1. The standard InChI is InChI=1S/C17H25N3O/c1-12-10-14(6-7-16(12)19-18)17(21)20-9-8-13-4-2-3-5-15(13)11-20/h6-7,10,13,15,19H,2-5,8-9,11,18H2,1H3. The van der Waals surface area contributed by atoms with Gasteiger partial charge in [-0.3, -0.25) is 10.6 Å².